The van der Waals surface area contributed by atoms with Gasteiger partial charge in [-0.15, -0.1) is 0 Å². The molecular formula is C4H6CaN2. The van der Waals surface area contributed by atoms with E-state index in [0.717, 1.165) is 0 Å². The van der Waals surface area contributed by atoms with Crippen LogP contribution < -0.4 is 0 Å². The first kappa shape index (κ1) is 15.7. The zero-order valence-corrected chi connectivity index (χ0v) is 6.81. The minimum atomic E-state index is 0. The van der Waals surface area contributed by atoms with Crippen LogP contribution in [0.2, 0.25) is 0 Å². The Morgan fingerprint density at radius 2 is 1.00 bits per heavy atom. The Hall–Kier alpha value is 0.240. The maximum Gasteiger partial charge on any atom is 0.0587 e. The molecule has 0 fully saturated rings. The molecule has 0 atom stereocenters. The van der Waals surface area contributed by atoms with Gasteiger partial charge in [0.05, 0.1) is 12.1 Å². The summed E-state index contributed by atoms with van der Waals surface area (Å²) in [5.74, 6) is 0. The van der Waals surface area contributed by atoms with Gasteiger partial charge in [-0.2, -0.15) is 10.5 Å². The Balaban J connectivity index is -0.0000000400. The van der Waals surface area contributed by atoms with Crippen molar-refractivity contribution in [3.63, 3.8) is 0 Å². The molecule has 0 aliphatic rings. The molecule has 0 aliphatic carbocycles. The number of nitriles is 2. The van der Waals surface area contributed by atoms with Crippen molar-refractivity contribution < 1.29 is 0 Å². The fourth-order valence-corrected chi connectivity index (χ4v) is 0. The molecule has 0 aliphatic heterocycles. The first-order chi connectivity index (χ1) is 2.83. The van der Waals surface area contributed by atoms with E-state index in [1.54, 1.807) is 12.1 Å². The quantitative estimate of drug-likeness (QED) is 0.443. The Morgan fingerprint density at radius 3 is 1.00 bits per heavy atom. The van der Waals surface area contributed by atoms with Crippen LogP contribution in [0.15, 0.2) is 0 Å². The Labute approximate surface area is 73.7 Å². The van der Waals surface area contributed by atoms with Gasteiger partial charge in [0.2, 0.25) is 0 Å². The Bertz CT molecular complexity index is 64.7. The van der Waals surface area contributed by atoms with Crippen molar-refractivity contribution in [1.82, 2.24) is 0 Å². The number of hydrogen-bond acceptors (Lipinski definition) is 2. The van der Waals surface area contributed by atoms with Gasteiger partial charge < -0.3 is 0 Å². The standard InChI is InChI=1S/2C2H3N.Ca/c2*1-2-3;/h2*1H3;. The number of hydrogen-bond donors (Lipinski definition) is 0. The summed E-state index contributed by atoms with van der Waals surface area (Å²) in [4.78, 5) is 0. The summed E-state index contributed by atoms with van der Waals surface area (Å²) >= 11 is 0. The van der Waals surface area contributed by atoms with E-state index < -0.39 is 0 Å². The van der Waals surface area contributed by atoms with Crippen LogP contribution in [0.4, 0.5) is 0 Å². The molecule has 3 heteroatoms. The molecule has 0 aromatic carbocycles. The largest absolute Gasteiger partial charge is 0.199 e. The average Bonchev–Trinajstić information content (AvgIpc) is 1.39. The van der Waals surface area contributed by atoms with E-state index in [0.29, 0.717) is 0 Å². The normalized spacial score (nSPS) is 2.29. The third-order valence-electron chi connectivity index (χ3n) is 0. The van der Waals surface area contributed by atoms with Gasteiger partial charge in [-0.05, 0) is 0 Å². The molecule has 0 aromatic rings. The average molecular weight is 122 g/mol. The molecule has 2 nitrogen and oxygen atoms in total. The summed E-state index contributed by atoms with van der Waals surface area (Å²) in [7, 11) is 0. The third-order valence-corrected chi connectivity index (χ3v) is 0. The van der Waals surface area contributed by atoms with Crippen LogP contribution in [0.5, 0.6) is 0 Å². The van der Waals surface area contributed by atoms with Gasteiger partial charge in [0.15, 0.2) is 0 Å². The second-order valence-electron chi connectivity index (χ2n) is 0.447. The van der Waals surface area contributed by atoms with E-state index in [9.17, 15) is 0 Å². The van der Waals surface area contributed by atoms with Gasteiger partial charge in [0, 0.05) is 51.6 Å². The minimum absolute atomic E-state index is 0. The topological polar surface area (TPSA) is 47.6 Å². The first-order valence-corrected chi connectivity index (χ1v) is 1.45. The van der Waals surface area contributed by atoms with Gasteiger partial charge in [0.25, 0.3) is 0 Å². The zero-order chi connectivity index (χ0) is 5.41. The van der Waals surface area contributed by atoms with Gasteiger partial charge in [-0.1, -0.05) is 0 Å². The van der Waals surface area contributed by atoms with Crippen LogP contribution in [0.1, 0.15) is 13.8 Å². The van der Waals surface area contributed by atoms with Crippen LogP contribution in [-0.2, 0) is 0 Å². The van der Waals surface area contributed by atoms with Crippen molar-refractivity contribution >= 4 is 37.7 Å². The molecule has 0 bridgehead atoms. The summed E-state index contributed by atoms with van der Waals surface area (Å²) in [5.41, 5.74) is 0. The van der Waals surface area contributed by atoms with Crippen molar-refractivity contribution in [2.24, 2.45) is 0 Å². The fraction of sp³-hybridized carbons (Fsp3) is 0.500. The van der Waals surface area contributed by atoms with Crippen molar-refractivity contribution in [2.45, 2.75) is 13.8 Å². The summed E-state index contributed by atoms with van der Waals surface area (Å²) in [6.45, 7) is 2.86. The van der Waals surface area contributed by atoms with E-state index in [2.05, 4.69) is 0 Å². The second-order valence-corrected chi connectivity index (χ2v) is 0.447. The van der Waals surface area contributed by atoms with Crippen LogP contribution in [0.3, 0.4) is 0 Å². The van der Waals surface area contributed by atoms with Crippen LogP contribution in [-0.4, -0.2) is 37.7 Å². The number of nitrogens with zero attached hydrogens (tertiary/aromatic N) is 2. The summed E-state index contributed by atoms with van der Waals surface area (Å²) in [5, 5.41) is 14.6. The van der Waals surface area contributed by atoms with Crippen molar-refractivity contribution in [3.05, 3.63) is 0 Å². The first-order valence-electron chi connectivity index (χ1n) is 1.45. The van der Waals surface area contributed by atoms with Crippen LogP contribution >= 0.6 is 0 Å². The van der Waals surface area contributed by atoms with Crippen molar-refractivity contribution in [1.29, 1.82) is 10.5 Å². The Morgan fingerprint density at radius 1 is 1.00 bits per heavy atom. The van der Waals surface area contributed by atoms with E-state index in [1.807, 2.05) is 0 Å². The molecule has 0 amide bonds. The van der Waals surface area contributed by atoms with E-state index in [1.165, 1.54) is 13.8 Å². The molecule has 0 N–H and O–H groups in total. The SMILES string of the molecule is CC#N.CC#N.[Ca]. The summed E-state index contributed by atoms with van der Waals surface area (Å²) < 4.78 is 0. The molecule has 0 saturated heterocycles. The molecule has 0 unspecified atom stereocenters. The molecule has 0 aromatic heterocycles. The van der Waals surface area contributed by atoms with Gasteiger partial charge in [-0.25, -0.2) is 0 Å². The molecular weight excluding hydrogens is 116 g/mol. The molecule has 2 radical (unpaired) electrons. The van der Waals surface area contributed by atoms with Crippen molar-refractivity contribution in [3.8, 4) is 12.1 Å². The predicted molar refractivity (Wildman–Crippen MR) is 28.3 cm³/mol. The molecule has 0 spiro atoms. The van der Waals surface area contributed by atoms with Gasteiger partial charge in [-0.3, -0.25) is 0 Å². The predicted octanol–water partition coefficient (Wildman–Crippen LogP) is 0.679. The smallest absolute Gasteiger partial charge is 0.0587 e. The molecule has 34 valence electrons. The number of rotatable bonds is 0. The maximum atomic E-state index is 7.32. The second kappa shape index (κ2) is 34.2. The third kappa shape index (κ3) is 1950. The molecule has 0 saturated carbocycles. The van der Waals surface area contributed by atoms with Gasteiger partial charge >= 0.3 is 0 Å². The van der Waals surface area contributed by atoms with E-state index in [4.69, 9.17) is 10.5 Å². The zero-order valence-electron chi connectivity index (χ0n) is 4.60. The monoisotopic (exact) mass is 122 g/mol. The molecule has 0 rings (SSSR count). The van der Waals surface area contributed by atoms with E-state index >= 15 is 0 Å². The van der Waals surface area contributed by atoms with Crippen molar-refractivity contribution in [2.75, 3.05) is 0 Å². The molecule has 7 heavy (non-hydrogen) atoms. The maximum absolute atomic E-state index is 7.32. The van der Waals surface area contributed by atoms with Gasteiger partial charge in [0.1, 0.15) is 0 Å². The van der Waals surface area contributed by atoms with Crippen LogP contribution in [0, 0.1) is 22.7 Å². The van der Waals surface area contributed by atoms with Crippen LogP contribution in [0.25, 0.3) is 0 Å². The fourth-order valence-electron chi connectivity index (χ4n) is 0. The summed E-state index contributed by atoms with van der Waals surface area (Å²) in [6.07, 6.45) is 0. The Kier molecular flexibility index (Phi) is 76.5. The summed E-state index contributed by atoms with van der Waals surface area (Å²) in [6, 6.07) is 3.50. The molecule has 0 heterocycles. The van der Waals surface area contributed by atoms with E-state index in [-0.39, 0.29) is 37.7 Å². The minimum Gasteiger partial charge on any atom is -0.199 e.